The number of pyridine rings is 1. The zero-order valence-corrected chi connectivity index (χ0v) is 10.8. The van der Waals surface area contributed by atoms with Gasteiger partial charge < -0.3 is 9.47 Å². The van der Waals surface area contributed by atoms with Crippen LogP contribution in [0.4, 0.5) is 0 Å². The molecule has 0 amide bonds. The fraction of sp³-hybridized carbons (Fsp3) is 0.643. The molecule has 1 saturated carbocycles. The van der Waals surface area contributed by atoms with Gasteiger partial charge in [-0.1, -0.05) is 6.07 Å². The number of nitrogens with zero attached hydrogens (tertiary/aromatic N) is 2. The molecule has 0 unspecified atom stereocenters. The summed E-state index contributed by atoms with van der Waals surface area (Å²) in [6.07, 6.45) is 6.57. The minimum Gasteiger partial charge on any atom is -0.377 e. The van der Waals surface area contributed by atoms with Crippen molar-refractivity contribution >= 4 is 0 Å². The molecule has 1 aromatic heterocycles. The standard InChI is InChI=1S/C14H20N2O2/c1-17-14-12-4-5-13(14)18-8-7-16(12)10-11-3-2-6-15-9-11/h2-3,6,9,12-14H,4-5,7-8,10H2,1H3/t12-,13-,14+/m1/s1. The van der Waals surface area contributed by atoms with E-state index >= 15 is 0 Å². The van der Waals surface area contributed by atoms with Gasteiger partial charge in [0.1, 0.15) is 0 Å². The minimum atomic E-state index is 0.226. The molecule has 2 aliphatic rings. The number of aromatic nitrogens is 1. The van der Waals surface area contributed by atoms with Crippen LogP contribution in [0.3, 0.4) is 0 Å². The summed E-state index contributed by atoms with van der Waals surface area (Å²) in [6, 6.07) is 4.62. The number of hydrogen-bond donors (Lipinski definition) is 0. The summed E-state index contributed by atoms with van der Waals surface area (Å²) in [7, 11) is 1.80. The van der Waals surface area contributed by atoms with Crippen LogP contribution < -0.4 is 0 Å². The monoisotopic (exact) mass is 248 g/mol. The van der Waals surface area contributed by atoms with Gasteiger partial charge in [0.15, 0.2) is 0 Å². The second-order valence-corrected chi connectivity index (χ2v) is 5.09. The average Bonchev–Trinajstić information content (AvgIpc) is 2.72. The van der Waals surface area contributed by atoms with Crippen molar-refractivity contribution in [1.82, 2.24) is 9.88 Å². The highest BCUT2D eigenvalue weighted by Gasteiger charge is 2.42. The maximum atomic E-state index is 5.88. The Labute approximate surface area is 108 Å². The van der Waals surface area contributed by atoms with Crippen molar-refractivity contribution in [3.8, 4) is 0 Å². The third-order valence-corrected chi connectivity index (χ3v) is 4.05. The zero-order valence-electron chi connectivity index (χ0n) is 10.8. The molecule has 98 valence electrons. The summed E-state index contributed by atoms with van der Waals surface area (Å²) in [5.74, 6) is 0. The Hall–Kier alpha value is -0.970. The van der Waals surface area contributed by atoms with Gasteiger partial charge in [-0.15, -0.1) is 0 Å². The third-order valence-electron chi connectivity index (χ3n) is 4.05. The third kappa shape index (κ3) is 2.28. The summed E-state index contributed by atoms with van der Waals surface area (Å²) < 4.78 is 11.5. The van der Waals surface area contributed by atoms with Gasteiger partial charge in [0, 0.05) is 38.6 Å². The van der Waals surface area contributed by atoms with Gasteiger partial charge in [0.2, 0.25) is 0 Å². The summed E-state index contributed by atoms with van der Waals surface area (Å²) in [5.41, 5.74) is 1.26. The van der Waals surface area contributed by atoms with Crippen molar-refractivity contribution in [2.24, 2.45) is 0 Å². The molecule has 1 saturated heterocycles. The van der Waals surface area contributed by atoms with Crippen molar-refractivity contribution < 1.29 is 9.47 Å². The van der Waals surface area contributed by atoms with Gasteiger partial charge in [-0.3, -0.25) is 9.88 Å². The first kappa shape index (κ1) is 12.1. The molecule has 4 heteroatoms. The van der Waals surface area contributed by atoms with E-state index in [0.717, 1.165) is 26.1 Å². The molecule has 1 aliphatic carbocycles. The van der Waals surface area contributed by atoms with Crippen LogP contribution in [0.1, 0.15) is 18.4 Å². The number of fused-ring (bicyclic) bond motifs is 2. The molecule has 3 atom stereocenters. The molecule has 2 bridgehead atoms. The summed E-state index contributed by atoms with van der Waals surface area (Å²) in [6.45, 7) is 2.73. The molecule has 0 radical (unpaired) electrons. The quantitative estimate of drug-likeness (QED) is 0.811. The lowest BCUT2D eigenvalue weighted by Crippen LogP contribution is -2.42. The lowest BCUT2D eigenvalue weighted by Gasteiger charge is -2.30. The molecule has 1 aromatic rings. The molecular formula is C14H20N2O2. The highest BCUT2D eigenvalue weighted by Crippen LogP contribution is 2.32. The van der Waals surface area contributed by atoms with Crippen LogP contribution in [0.2, 0.25) is 0 Å². The van der Waals surface area contributed by atoms with Crippen molar-refractivity contribution in [3.63, 3.8) is 0 Å². The topological polar surface area (TPSA) is 34.6 Å². The Bertz CT molecular complexity index is 385. The highest BCUT2D eigenvalue weighted by atomic mass is 16.5. The summed E-state index contributed by atoms with van der Waals surface area (Å²) in [4.78, 5) is 6.67. The first-order valence-electron chi connectivity index (χ1n) is 6.66. The van der Waals surface area contributed by atoms with Crippen LogP contribution >= 0.6 is 0 Å². The predicted octanol–water partition coefficient (Wildman–Crippen LogP) is 1.46. The molecule has 2 fully saturated rings. The second-order valence-electron chi connectivity index (χ2n) is 5.09. The van der Waals surface area contributed by atoms with Gasteiger partial charge in [-0.25, -0.2) is 0 Å². The Balaban J connectivity index is 1.75. The van der Waals surface area contributed by atoms with E-state index < -0.39 is 0 Å². The summed E-state index contributed by atoms with van der Waals surface area (Å²) in [5, 5.41) is 0. The number of rotatable bonds is 3. The van der Waals surface area contributed by atoms with Crippen LogP contribution in [-0.4, -0.2) is 48.4 Å². The predicted molar refractivity (Wildman–Crippen MR) is 68.2 cm³/mol. The van der Waals surface area contributed by atoms with Crippen LogP contribution in [0, 0.1) is 0 Å². The van der Waals surface area contributed by atoms with Crippen LogP contribution in [-0.2, 0) is 16.0 Å². The number of ether oxygens (including phenoxy) is 2. The summed E-state index contributed by atoms with van der Waals surface area (Å²) >= 11 is 0. The van der Waals surface area contributed by atoms with E-state index in [1.54, 1.807) is 7.11 Å². The van der Waals surface area contributed by atoms with Gasteiger partial charge >= 0.3 is 0 Å². The maximum Gasteiger partial charge on any atom is 0.0987 e. The molecule has 3 rings (SSSR count). The van der Waals surface area contributed by atoms with Crippen molar-refractivity contribution in [2.75, 3.05) is 20.3 Å². The lowest BCUT2D eigenvalue weighted by atomic mass is 10.1. The largest absolute Gasteiger partial charge is 0.377 e. The maximum absolute atomic E-state index is 5.88. The minimum absolute atomic E-state index is 0.226. The fourth-order valence-corrected chi connectivity index (χ4v) is 3.20. The van der Waals surface area contributed by atoms with Crippen LogP contribution in [0.25, 0.3) is 0 Å². The van der Waals surface area contributed by atoms with Crippen LogP contribution in [0.15, 0.2) is 24.5 Å². The molecule has 0 aromatic carbocycles. The molecule has 2 heterocycles. The van der Waals surface area contributed by atoms with E-state index in [0.29, 0.717) is 12.1 Å². The lowest BCUT2D eigenvalue weighted by molar-refractivity contribution is -0.0326. The van der Waals surface area contributed by atoms with Gasteiger partial charge in [-0.05, 0) is 24.5 Å². The Kier molecular flexibility index (Phi) is 3.59. The van der Waals surface area contributed by atoms with E-state index in [1.807, 2.05) is 18.5 Å². The van der Waals surface area contributed by atoms with Gasteiger partial charge in [0.05, 0.1) is 18.8 Å². The average molecular weight is 248 g/mol. The molecule has 1 aliphatic heterocycles. The molecule has 0 N–H and O–H groups in total. The second kappa shape index (κ2) is 5.34. The molecular weight excluding hydrogens is 228 g/mol. The van der Waals surface area contributed by atoms with Gasteiger partial charge in [0.25, 0.3) is 0 Å². The normalized spacial score (nSPS) is 32.4. The Morgan fingerprint density at radius 1 is 1.50 bits per heavy atom. The first-order valence-corrected chi connectivity index (χ1v) is 6.66. The van der Waals surface area contributed by atoms with Crippen molar-refractivity contribution in [3.05, 3.63) is 30.1 Å². The fourth-order valence-electron chi connectivity index (χ4n) is 3.20. The Morgan fingerprint density at radius 3 is 3.22 bits per heavy atom. The smallest absolute Gasteiger partial charge is 0.0987 e. The molecule has 0 spiro atoms. The zero-order chi connectivity index (χ0) is 12.4. The van der Waals surface area contributed by atoms with E-state index in [4.69, 9.17) is 9.47 Å². The van der Waals surface area contributed by atoms with E-state index in [1.165, 1.54) is 12.0 Å². The Morgan fingerprint density at radius 2 is 2.44 bits per heavy atom. The SMILES string of the molecule is CO[C@H]1[C@H]2CC[C@H]1OCCN2Cc1cccnc1. The number of hydrogen-bond acceptors (Lipinski definition) is 4. The number of methoxy groups -OCH3 is 1. The van der Waals surface area contributed by atoms with Crippen LogP contribution in [0.5, 0.6) is 0 Å². The van der Waals surface area contributed by atoms with E-state index in [-0.39, 0.29) is 6.10 Å². The van der Waals surface area contributed by atoms with E-state index in [2.05, 4.69) is 16.0 Å². The highest BCUT2D eigenvalue weighted by molar-refractivity contribution is 5.09. The van der Waals surface area contributed by atoms with Crippen molar-refractivity contribution in [2.45, 2.75) is 37.6 Å². The molecule has 4 nitrogen and oxygen atoms in total. The van der Waals surface area contributed by atoms with E-state index in [9.17, 15) is 0 Å². The van der Waals surface area contributed by atoms with Gasteiger partial charge in [-0.2, -0.15) is 0 Å². The first-order chi connectivity index (χ1) is 8.88. The molecule has 18 heavy (non-hydrogen) atoms. The van der Waals surface area contributed by atoms with Crippen molar-refractivity contribution in [1.29, 1.82) is 0 Å².